The molecule has 0 bridgehead atoms. The van der Waals surface area contributed by atoms with E-state index in [-0.39, 0.29) is 16.5 Å². The lowest BCUT2D eigenvalue weighted by molar-refractivity contribution is 0.0696. The van der Waals surface area contributed by atoms with Crippen molar-refractivity contribution in [2.75, 3.05) is 12.4 Å². The zero-order valence-electron chi connectivity index (χ0n) is 10.3. The minimum Gasteiger partial charge on any atom is -0.496 e. The van der Waals surface area contributed by atoms with Gasteiger partial charge in [0.1, 0.15) is 5.75 Å². The molecule has 104 valence electrons. The predicted molar refractivity (Wildman–Crippen MR) is 77.2 cm³/mol. The van der Waals surface area contributed by atoms with Gasteiger partial charge in [0.05, 0.1) is 17.6 Å². The Hall–Kier alpha value is -2.05. The number of anilines is 1. The first-order valence-electron chi connectivity index (χ1n) is 5.47. The summed E-state index contributed by atoms with van der Waals surface area (Å²) in [6.07, 6.45) is 0. The number of halogens is 1. The van der Waals surface area contributed by atoms with Gasteiger partial charge in [0.25, 0.3) is 5.91 Å². The van der Waals surface area contributed by atoms with Crippen LogP contribution < -0.4 is 10.1 Å². The number of aromatic carboxylic acids is 1. The number of carbonyl (C=O) groups is 2. The number of benzene rings is 1. The van der Waals surface area contributed by atoms with Crippen LogP contribution >= 0.6 is 22.9 Å². The Morgan fingerprint density at radius 1 is 1.30 bits per heavy atom. The average Bonchev–Trinajstić information content (AvgIpc) is 2.86. The van der Waals surface area contributed by atoms with Crippen molar-refractivity contribution in [3.63, 3.8) is 0 Å². The first-order valence-corrected chi connectivity index (χ1v) is 6.73. The number of carbonyl (C=O) groups excluding carboxylic acids is 1. The van der Waals surface area contributed by atoms with Crippen LogP contribution in [0.25, 0.3) is 0 Å². The highest BCUT2D eigenvalue weighted by Crippen LogP contribution is 2.24. The molecule has 0 aliphatic carbocycles. The highest BCUT2D eigenvalue weighted by molar-refractivity contribution is 7.12. The molecule has 1 aromatic carbocycles. The van der Waals surface area contributed by atoms with Crippen LogP contribution in [-0.4, -0.2) is 24.1 Å². The maximum absolute atomic E-state index is 12.0. The molecule has 0 fully saturated rings. The molecule has 0 saturated heterocycles. The molecule has 1 heterocycles. The molecule has 2 N–H and O–H groups in total. The monoisotopic (exact) mass is 311 g/mol. The molecule has 2 aromatic rings. The van der Waals surface area contributed by atoms with E-state index in [9.17, 15) is 9.59 Å². The molecule has 0 saturated carbocycles. The fourth-order valence-corrected chi connectivity index (χ4v) is 2.51. The zero-order chi connectivity index (χ0) is 14.7. The van der Waals surface area contributed by atoms with Gasteiger partial charge in [0, 0.05) is 22.2 Å². The van der Waals surface area contributed by atoms with Gasteiger partial charge < -0.3 is 15.2 Å². The van der Waals surface area contributed by atoms with Crippen LogP contribution in [0.1, 0.15) is 20.0 Å². The summed E-state index contributed by atoms with van der Waals surface area (Å²) in [6.45, 7) is 0. The molecule has 2 rings (SSSR count). The Morgan fingerprint density at radius 3 is 2.65 bits per heavy atom. The van der Waals surface area contributed by atoms with E-state index in [1.165, 1.54) is 36.6 Å². The maximum Gasteiger partial charge on any atom is 0.335 e. The predicted octanol–water partition coefficient (Wildman–Crippen LogP) is 3.36. The summed E-state index contributed by atoms with van der Waals surface area (Å²) in [6, 6.07) is 5.74. The summed E-state index contributed by atoms with van der Waals surface area (Å²) in [5.74, 6) is -0.866. The van der Waals surface area contributed by atoms with E-state index in [1.54, 1.807) is 11.4 Å². The molecular formula is C13H10ClNO4S. The smallest absolute Gasteiger partial charge is 0.335 e. The Balaban J connectivity index is 2.21. The summed E-state index contributed by atoms with van der Waals surface area (Å²) in [7, 11) is 1.51. The highest BCUT2D eigenvalue weighted by Gasteiger charge is 2.12. The van der Waals surface area contributed by atoms with Gasteiger partial charge >= 0.3 is 5.97 Å². The lowest BCUT2D eigenvalue weighted by atomic mass is 10.2. The average molecular weight is 312 g/mol. The fourth-order valence-electron chi connectivity index (χ4n) is 1.52. The third kappa shape index (κ3) is 3.28. The van der Waals surface area contributed by atoms with E-state index >= 15 is 0 Å². The molecule has 0 atom stereocenters. The zero-order valence-corrected chi connectivity index (χ0v) is 11.9. The van der Waals surface area contributed by atoms with Crippen molar-refractivity contribution in [1.29, 1.82) is 0 Å². The van der Waals surface area contributed by atoms with Crippen molar-refractivity contribution in [2.24, 2.45) is 0 Å². The van der Waals surface area contributed by atoms with E-state index in [1.807, 2.05) is 0 Å². The minimum absolute atomic E-state index is 0.0107. The van der Waals surface area contributed by atoms with Crippen LogP contribution in [0.15, 0.2) is 29.6 Å². The van der Waals surface area contributed by atoms with Crippen molar-refractivity contribution in [1.82, 2.24) is 0 Å². The number of nitrogens with one attached hydrogen (secondary N) is 1. The lowest BCUT2D eigenvalue weighted by Gasteiger charge is -2.05. The van der Waals surface area contributed by atoms with E-state index in [4.69, 9.17) is 21.4 Å². The van der Waals surface area contributed by atoms with Gasteiger partial charge in [-0.3, -0.25) is 4.79 Å². The van der Waals surface area contributed by atoms with Crippen molar-refractivity contribution < 1.29 is 19.4 Å². The minimum atomic E-state index is -1.11. The largest absolute Gasteiger partial charge is 0.496 e. The number of carboxylic acid groups (broad SMARTS) is 1. The van der Waals surface area contributed by atoms with Crippen LogP contribution in [0.3, 0.4) is 0 Å². The first kappa shape index (κ1) is 14.4. The van der Waals surface area contributed by atoms with E-state index in [0.717, 1.165) is 0 Å². The third-order valence-electron chi connectivity index (χ3n) is 2.44. The molecule has 1 aromatic heterocycles. The summed E-state index contributed by atoms with van der Waals surface area (Å²) >= 11 is 7.05. The second-order valence-electron chi connectivity index (χ2n) is 3.84. The van der Waals surface area contributed by atoms with Gasteiger partial charge in [-0.1, -0.05) is 11.6 Å². The van der Waals surface area contributed by atoms with Crippen LogP contribution in [0.5, 0.6) is 5.75 Å². The number of carboxylic acids is 1. The Morgan fingerprint density at radius 2 is 2.05 bits per heavy atom. The van der Waals surface area contributed by atoms with Gasteiger partial charge in [-0.25, -0.2) is 4.79 Å². The number of rotatable bonds is 4. The summed E-state index contributed by atoms with van der Waals surface area (Å²) in [5, 5.41) is 13.5. The number of methoxy groups -OCH3 is 1. The van der Waals surface area contributed by atoms with Crippen LogP contribution in [-0.2, 0) is 0 Å². The fraction of sp³-hybridized carbons (Fsp3) is 0.0769. The molecule has 0 unspecified atom stereocenters. The molecular weight excluding hydrogens is 302 g/mol. The second-order valence-corrected chi connectivity index (χ2v) is 5.19. The van der Waals surface area contributed by atoms with Gasteiger partial charge in [-0.2, -0.15) is 0 Å². The number of thiophene rings is 1. The van der Waals surface area contributed by atoms with Crippen molar-refractivity contribution in [3.05, 3.63) is 45.1 Å². The number of hydrogen-bond donors (Lipinski definition) is 2. The van der Waals surface area contributed by atoms with Crippen LogP contribution in [0, 0.1) is 0 Å². The van der Waals surface area contributed by atoms with Crippen LogP contribution in [0.4, 0.5) is 5.69 Å². The van der Waals surface area contributed by atoms with Crippen molar-refractivity contribution >= 4 is 40.5 Å². The quantitative estimate of drug-likeness (QED) is 0.907. The highest BCUT2D eigenvalue weighted by atomic mass is 35.5. The lowest BCUT2D eigenvalue weighted by Crippen LogP contribution is -2.11. The molecule has 7 heteroatoms. The molecule has 0 spiro atoms. The Bertz CT molecular complexity index is 668. The standard InChI is InChI=1S/C13H10ClNO4S/c1-19-10-5-11(20-6-10)12(16)15-9-3-7(13(17)18)2-8(14)4-9/h2-6H,1H3,(H,15,16)(H,17,18). The molecule has 0 radical (unpaired) electrons. The Kier molecular flexibility index (Phi) is 4.26. The first-order chi connectivity index (χ1) is 9.49. The number of hydrogen-bond acceptors (Lipinski definition) is 4. The van der Waals surface area contributed by atoms with Gasteiger partial charge in [-0.05, 0) is 18.2 Å². The molecule has 0 aliphatic heterocycles. The van der Waals surface area contributed by atoms with E-state index < -0.39 is 5.97 Å². The molecule has 20 heavy (non-hydrogen) atoms. The molecule has 0 aliphatic rings. The third-order valence-corrected chi connectivity index (χ3v) is 3.56. The van der Waals surface area contributed by atoms with E-state index in [0.29, 0.717) is 16.3 Å². The van der Waals surface area contributed by atoms with Crippen molar-refractivity contribution in [2.45, 2.75) is 0 Å². The summed E-state index contributed by atoms with van der Waals surface area (Å²) in [4.78, 5) is 23.4. The second kappa shape index (κ2) is 5.94. The van der Waals surface area contributed by atoms with Gasteiger partial charge in [0.15, 0.2) is 0 Å². The van der Waals surface area contributed by atoms with Crippen molar-refractivity contribution in [3.8, 4) is 5.75 Å². The maximum atomic E-state index is 12.0. The SMILES string of the molecule is COc1csc(C(=O)Nc2cc(Cl)cc(C(=O)O)c2)c1. The normalized spacial score (nSPS) is 10.1. The Labute approximate surface area is 123 Å². The van der Waals surface area contributed by atoms with Gasteiger partial charge in [-0.15, -0.1) is 11.3 Å². The number of amides is 1. The summed E-state index contributed by atoms with van der Waals surface area (Å²) in [5.41, 5.74) is 0.337. The topological polar surface area (TPSA) is 75.6 Å². The van der Waals surface area contributed by atoms with Gasteiger partial charge in [0.2, 0.25) is 0 Å². The van der Waals surface area contributed by atoms with Crippen LogP contribution in [0.2, 0.25) is 5.02 Å². The van der Waals surface area contributed by atoms with E-state index in [2.05, 4.69) is 5.32 Å². The number of ether oxygens (including phenoxy) is 1. The molecule has 5 nitrogen and oxygen atoms in total. The summed E-state index contributed by atoms with van der Waals surface area (Å²) < 4.78 is 5.00. The molecule has 1 amide bonds.